The van der Waals surface area contributed by atoms with E-state index < -0.39 is 182 Å². The molecule has 68 heavy (non-hydrogen) atoms. The fraction of sp³-hybridized carbons (Fsp3) is 0.744. The van der Waals surface area contributed by atoms with Crippen LogP contribution in [0.4, 0.5) is 0 Å². The summed E-state index contributed by atoms with van der Waals surface area (Å²) in [6, 6.07) is 0. The van der Waals surface area contributed by atoms with Crippen LogP contribution in [0.5, 0.6) is 0 Å². The number of rotatable bonds is 19. The van der Waals surface area contributed by atoms with E-state index in [2.05, 4.69) is 0 Å². The minimum absolute atomic E-state index is 0.653. The third-order valence-corrected chi connectivity index (χ3v) is 10.0. The zero-order chi connectivity index (χ0) is 51.4. The van der Waals surface area contributed by atoms with E-state index in [0.29, 0.717) is 0 Å². The molecule has 15 atom stereocenters. The molecule has 3 aliphatic rings. The van der Waals surface area contributed by atoms with Gasteiger partial charge < -0.3 is 81.6 Å². The lowest BCUT2D eigenvalue weighted by molar-refractivity contribution is -0.354. The van der Waals surface area contributed by atoms with Gasteiger partial charge in [-0.2, -0.15) is 0 Å². The van der Waals surface area contributed by atoms with E-state index >= 15 is 0 Å². The van der Waals surface area contributed by atoms with Gasteiger partial charge in [0.05, 0.1) is 12.3 Å². The number of alkyl halides is 3. The topological polar surface area (TPSA) is 336 Å². The fourth-order valence-electron chi connectivity index (χ4n) is 7.16. The van der Waals surface area contributed by atoms with Gasteiger partial charge in [0.15, 0.2) is 61.4 Å². The highest BCUT2D eigenvalue weighted by atomic mass is 35.6. The first-order valence-electron chi connectivity index (χ1n) is 20.2. The summed E-state index contributed by atoms with van der Waals surface area (Å²) in [6.45, 7) is 5.50. The zero-order valence-electron chi connectivity index (χ0n) is 37.9. The Morgan fingerprint density at radius 3 is 1.19 bits per heavy atom. The van der Waals surface area contributed by atoms with Crippen molar-refractivity contribution in [2.45, 2.75) is 158 Å². The maximum absolute atomic E-state index is 13.0. The summed E-state index contributed by atoms with van der Waals surface area (Å²) in [5.74, 6) is -8.60. The summed E-state index contributed by atoms with van der Waals surface area (Å²) in [5.41, 5.74) is -0.922. The third kappa shape index (κ3) is 16.9. The number of ether oxygens (including phenoxy) is 15. The van der Waals surface area contributed by atoms with Gasteiger partial charge in [0.1, 0.15) is 50.5 Å². The van der Waals surface area contributed by atoms with Gasteiger partial charge in [0.25, 0.3) is 0 Å². The van der Waals surface area contributed by atoms with Gasteiger partial charge >= 0.3 is 53.7 Å². The molecule has 29 heteroatoms. The lowest BCUT2D eigenvalue weighted by Gasteiger charge is -2.50. The lowest BCUT2D eigenvalue weighted by atomic mass is 9.91. The molecule has 0 amide bonds. The highest BCUT2D eigenvalue weighted by molar-refractivity contribution is 6.76. The molecule has 3 saturated heterocycles. The Hall–Kier alpha value is -4.51. The molecule has 0 aromatic rings. The molecule has 3 fully saturated rings. The molecule has 3 rings (SSSR count). The van der Waals surface area contributed by atoms with Crippen molar-refractivity contribution in [3.63, 3.8) is 0 Å². The standard InChI is InChI=1S/C39H52Cl3NO25/c1-14(45)54-10-24-28(60-18(5)49)31(62-20(7)51)35(64-22(9)53)37(66-24)56-12-23-26(58-16(3)47)29(32(63-21(8)52)33(65-23)36(43)39(40,41)42)68-38-34(57-13-44)30(61-19(6)50)27(59-17(4)48)25(67-38)11-55-15(2)46/h23-35,37-38,43-44H,10-13H2,1-9H3/t23-,24-,25-,26-,27-,28-,29+,30+,31+,32-,33?,34-,35-,37-,38+/m1/s1. The smallest absolute Gasteiger partial charge is 0.303 e. The number of halogens is 3. The maximum atomic E-state index is 13.0. The Morgan fingerprint density at radius 1 is 0.441 bits per heavy atom. The summed E-state index contributed by atoms with van der Waals surface area (Å²) in [6.07, 6.45) is -26.8. The number of carbonyl (C=O) groups excluding carboxylic acids is 9. The van der Waals surface area contributed by atoms with Gasteiger partial charge in [-0.25, -0.2) is 0 Å². The van der Waals surface area contributed by atoms with Crippen LogP contribution in [0.15, 0.2) is 0 Å². The molecule has 0 radical (unpaired) electrons. The van der Waals surface area contributed by atoms with Gasteiger partial charge in [-0.1, -0.05) is 34.8 Å². The SMILES string of the molecule is CC(=O)OC[C@H]1O[C@@H](O[C@H]2[C@H](OC(C)=O)[C@@H](CO[C@@H]3O[C@H](COC(C)=O)[C@@H](OC(C)=O)[C@H](OC(C)=O)[C@H]3OC(C)=O)OC(C(=N)C(Cl)(Cl)Cl)[C@@H]2OC(C)=O)[C@H](OCO)[C@@H](OC(C)=O)[C@@H]1OC(C)=O. The summed E-state index contributed by atoms with van der Waals surface area (Å²) >= 11 is 18.5. The van der Waals surface area contributed by atoms with Crippen LogP contribution >= 0.6 is 34.8 Å². The molecule has 384 valence electrons. The van der Waals surface area contributed by atoms with Crippen molar-refractivity contribution < 1.29 is 119 Å². The molecule has 0 aliphatic carbocycles. The van der Waals surface area contributed by atoms with E-state index in [0.717, 1.165) is 62.3 Å². The first-order valence-corrected chi connectivity index (χ1v) is 21.4. The largest absolute Gasteiger partial charge is 0.463 e. The number of aliphatic hydroxyl groups is 1. The van der Waals surface area contributed by atoms with E-state index in [1.54, 1.807) is 0 Å². The molecular weight excluding hydrogens is 989 g/mol. The minimum Gasteiger partial charge on any atom is -0.463 e. The van der Waals surface area contributed by atoms with Crippen molar-refractivity contribution in [1.82, 2.24) is 0 Å². The predicted octanol–water partition coefficient (Wildman–Crippen LogP) is -0.0215. The minimum atomic E-state index is -2.64. The number of hydrogen-bond acceptors (Lipinski definition) is 26. The zero-order valence-corrected chi connectivity index (χ0v) is 40.1. The van der Waals surface area contributed by atoms with Crippen LogP contribution in [0, 0.1) is 5.41 Å². The Kier molecular flexibility index (Phi) is 22.0. The molecule has 1 unspecified atom stereocenters. The van der Waals surface area contributed by atoms with E-state index in [1.807, 2.05) is 0 Å². The van der Waals surface area contributed by atoms with Crippen LogP contribution in [0.1, 0.15) is 62.3 Å². The summed E-state index contributed by atoms with van der Waals surface area (Å²) in [5, 5.41) is 18.9. The van der Waals surface area contributed by atoms with Crippen molar-refractivity contribution in [3.8, 4) is 0 Å². The number of aliphatic hydroxyl groups excluding tert-OH is 1. The second-order valence-electron chi connectivity index (χ2n) is 14.9. The first kappa shape index (κ1) is 57.8. The predicted molar refractivity (Wildman–Crippen MR) is 219 cm³/mol. The van der Waals surface area contributed by atoms with Crippen LogP contribution in [0.25, 0.3) is 0 Å². The Morgan fingerprint density at radius 2 is 0.794 bits per heavy atom. The van der Waals surface area contributed by atoms with Gasteiger partial charge in [-0.3, -0.25) is 43.2 Å². The Bertz CT molecular complexity index is 1860. The van der Waals surface area contributed by atoms with Crippen LogP contribution in [-0.4, -0.2) is 187 Å². The van der Waals surface area contributed by atoms with E-state index in [1.165, 1.54) is 0 Å². The van der Waals surface area contributed by atoms with Crippen LogP contribution in [0.2, 0.25) is 0 Å². The van der Waals surface area contributed by atoms with Gasteiger partial charge in [-0.05, 0) is 0 Å². The van der Waals surface area contributed by atoms with Gasteiger partial charge in [0.2, 0.25) is 3.79 Å². The second-order valence-corrected chi connectivity index (χ2v) is 17.2. The maximum Gasteiger partial charge on any atom is 0.303 e. The summed E-state index contributed by atoms with van der Waals surface area (Å²) in [4.78, 5) is 112. The molecular formula is C39H52Cl3NO25. The Balaban J connectivity index is 2.28. The number of carbonyl (C=O) groups is 9. The molecule has 3 aliphatic heterocycles. The molecule has 0 saturated carbocycles. The number of esters is 9. The Labute approximate surface area is 402 Å². The van der Waals surface area contributed by atoms with Crippen LogP contribution in [-0.2, 0) is 114 Å². The van der Waals surface area contributed by atoms with Crippen molar-refractivity contribution in [3.05, 3.63) is 0 Å². The molecule has 3 heterocycles. The number of nitrogens with one attached hydrogen (secondary N) is 1. The van der Waals surface area contributed by atoms with E-state index in [9.17, 15) is 48.3 Å². The van der Waals surface area contributed by atoms with Crippen LogP contribution < -0.4 is 0 Å². The quantitative estimate of drug-likeness (QED) is 0.0564. The molecule has 0 aromatic heterocycles. The monoisotopic (exact) mass is 1040 g/mol. The molecule has 2 N–H and O–H groups in total. The number of hydrogen-bond donors (Lipinski definition) is 2. The summed E-state index contributed by atoms with van der Waals surface area (Å²) < 4.78 is 82.4. The molecule has 26 nitrogen and oxygen atoms in total. The first-order chi connectivity index (χ1) is 31.6. The lowest BCUT2D eigenvalue weighted by Crippen LogP contribution is -2.68. The molecule has 0 aromatic carbocycles. The van der Waals surface area contributed by atoms with Crippen molar-refractivity contribution in [2.75, 3.05) is 26.6 Å². The second kappa shape index (κ2) is 25.9. The molecule has 0 spiro atoms. The van der Waals surface area contributed by atoms with Crippen molar-refractivity contribution in [1.29, 1.82) is 5.41 Å². The van der Waals surface area contributed by atoms with Crippen LogP contribution in [0.3, 0.4) is 0 Å². The normalized spacial score (nSPS) is 31.4. The van der Waals surface area contributed by atoms with Crippen molar-refractivity contribution >= 4 is 94.2 Å². The summed E-state index contributed by atoms with van der Waals surface area (Å²) in [7, 11) is 0. The highest BCUT2D eigenvalue weighted by Crippen LogP contribution is 2.40. The van der Waals surface area contributed by atoms with E-state index in [4.69, 9.17) is 111 Å². The fourth-order valence-corrected chi connectivity index (χ4v) is 7.49. The van der Waals surface area contributed by atoms with Gasteiger partial charge in [0, 0.05) is 62.3 Å². The van der Waals surface area contributed by atoms with E-state index in [-0.39, 0.29) is 0 Å². The van der Waals surface area contributed by atoms with Gasteiger partial charge in [-0.15, -0.1) is 0 Å². The highest BCUT2D eigenvalue weighted by Gasteiger charge is 2.59. The molecule has 0 bridgehead atoms. The average molecular weight is 1040 g/mol. The van der Waals surface area contributed by atoms with Crippen molar-refractivity contribution in [2.24, 2.45) is 0 Å². The third-order valence-electron chi connectivity index (χ3n) is 9.41. The average Bonchev–Trinajstić information content (AvgIpc) is 3.19.